The molecule has 1 unspecified atom stereocenters. The van der Waals surface area contributed by atoms with E-state index in [0.29, 0.717) is 0 Å². The molecule has 4 nitrogen and oxygen atoms in total. The Labute approximate surface area is 152 Å². The number of halogens is 1. The summed E-state index contributed by atoms with van der Waals surface area (Å²) < 4.78 is 17.2. The fourth-order valence-electron chi connectivity index (χ4n) is 2.68. The molecule has 0 saturated heterocycles. The summed E-state index contributed by atoms with van der Waals surface area (Å²) in [5, 5.41) is 3.54. The van der Waals surface area contributed by atoms with Crippen molar-refractivity contribution >= 4 is 15.9 Å². The Balaban J connectivity index is 2.03. The molecule has 0 spiro atoms. The van der Waals surface area contributed by atoms with Crippen LogP contribution in [0.3, 0.4) is 0 Å². The van der Waals surface area contributed by atoms with Crippen LogP contribution in [-0.4, -0.2) is 27.9 Å². The van der Waals surface area contributed by atoms with Crippen molar-refractivity contribution in [1.82, 2.24) is 5.32 Å². The van der Waals surface area contributed by atoms with Crippen LogP contribution in [0.15, 0.2) is 40.9 Å². The van der Waals surface area contributed by atoms with Crippen LogP contribution in [0.1, 0.15) is 24.1 Å². The summed E-state index contributed by atoms with van der Waals surface area (Å²) in [4.78, 5) is 0. The number of methoxy groups -OCH3 is 3. The molecule has 1 N–H and O–H groups in total. The van der Waals surface area contributed by atoms with E-state index in [1.165, 1.54) is 0 Å². The predicted octanol–water partition coefficient (Wildman–Crippen LogP) is 4.37. The van der Waals surface area contributed by atoms with E-state index in [4.69, 9.17) is 14.2 Å². The van der Waals surface area contributed by atoms with Gasteiger partial charge in [0, 0.05) is 11.6 Å². The first-order chi connectivity index (χ1) is 11.6. The van der Waals surface area contributed by atoms with Crippen molar-refractivity contribution in [1.29, 1.82) is 0 Å². The Morgan fingerprint density at radius 2 is 1.62 bits per heavy atom. The largest absolute Gasteiger partial charge is 0.496 e. The minimum absolute atomic E-state index is 0.199. The van der Waals surface area contributed by atoms with Crippen molar-refractivity contribution in [3.8, 4) is 17.2 Å². The molecule has 1 atom stereocenters. The number of para-hydroxylation sites is 1. The van der Waals surface area contributed by atoms with Gasteiger partial charge in [0.1, 0.15) is 17.2 Å². The monoisotopic (exact) mass is 393 g/mol. The molecule has 2 aromatic rings. The molecule has 0 aliphatic rings. The zero-order chi connectivity index (χ0) is 17.5. The van der Waals surface area contributed by atoms with Crippen LogP contribution in [-0.2, 0) is 6.42 Å². The lowest BCUT2D eigenvalue weighted by molar-refractivity contribution is 0.394. The molecule has 0 fully saturated rings. The minimum Gasteiger partial charge on any atom is -0.496 e. The van der Waals surface area contributed by atoms with Crippen LogP contribution in [0.5, 0.6) is 17.2 Å². The second kappa shape index (κ2) is 8.94. The van der Waals surface area contributed by atoms with Gasteiger partial charge in [-0.3, -0.25) is 0 Å². The minimum atomic E-state index is 0.199. The first-order valence-corrected chi connectivity index (χ1v) is 8.66. The summed E-state index contributed by atoms with van der Waals surface area (Å²) in [7, 11) is 5.05. The second-order valence-corrected chi connectivity index (χ2v) is 6.32. The summed E-state index contributed by atoms with van der Waals surface area (Å²) in [5.74, 6) is 2.57. The number of hydrogen-bond acceptors (Lipinski definition) is 4. The quantitative estimate of drug-likeness (QED) is 0.722. The molecule has 0 saturated carbocycles. The van der Waals surface area contributed by atoms with Gasteiger partial charge in [-0.05, 0) is 59.6 Å². The van der Waals surface area contributed by atoms with Crippen molar-refractivity contribution in [2.45, 2.75) is 19.4 Å². The Bertz CT molecular complexity index is 676. The van der Waals surface area contributed by atoms with Crippen LogP contribution in [0.25, 0.3) is 0 Å². The molecular formula is C19H24BrNO3. The molecule has 130 valence electrons. The smallest absolute Gasteiger partial charge is 0.133 e. The molecule has 24 heavy (non-hydrogen) atoms. The van der Waals surface area contributed by atoms with Gasteiger partial charge in [0.05, 0.1) is 25.8 Å². The predicted molar refractivity (Wildman–Crippen MR) is 100 cm³/mol. The van der Waals surface area contributed by atoms with Gasteiger partial charge in [0.25, 0.3) is 0 Å². The molecule has 0 bridgehead atoms. The third kappa shape index (κ3) is 4.42. The summed E-state index contributed by atoms with van der Waals surface area (Å²) in [5.41, 5.74) is 2.26. The van der Waals surface area contributed by atoms with Gasteiger partial charge in [-0.15, -0.1) is 0 Å². The van der Waals surface area contributed by atoms with Crippen molar-refractivity contribution in [3.05, 3.63) is 52.0 Å². The van der Waals surface area contributed by atoms with E-state index in [2.05, 4.69) is 34.2 Å². The molecule has 2 rings (SSSR count). The number of benzene rings is 2. The molecule has 2 aromatic carbocycles. The molecular weight excluding hydrogens is 370 g/mol. The summed E-state index contributed by atoms with van der Waals surface area (Å²) in [6.07, 6.45) is 0.840. The summed E-state index contributed by atoms with van der Waals surface area (Å²) >= 11 is 3.49. The maximum Gasteiger partial charge on any atom is 0.133 e. The standard InChI is InChI=1S/C19H24BrNO3/c1-13(15-7-5-6-8-17(15)22-2)21-10-9-14-11-19(24-4)16(20)12-18(14)23-3/h5-8,11-13,21H,9-10H2,1-4H3. The molecule has 0 heterocycles. The highest BCUT2D eigenvalue weighted by molar-refractivity contribution is 9.10. The van der Waals surface area contributed by atoms with E-state index in [0.717, 1.165) is 45.8 Å². The van der Waals surface area contributed by atoms with Gasteiger partial charge in [-0.1, -0.05) is 18.2 Å². The average Bonchev–Trinajstić information content (AvgIpc) is 2.62. The van der Waals surface area contributed by atoms with E-state index in [1.54, 1.807) is 21.3 Å². The van der Waals surface area contributed by atoms with Crippen LogP contribution in [0.2, 0.25) is 0 Å². The van der Waals surface area contributed by atoms with Gasteiger partial charge in [-0.25, -0.2) is 0 Å². The highest BCUT2D eigenvalue weighted by Gasteiger charge is 2.12. The molecule has 0 amide bonds. The second-order valence-electron chi connectivity index (χ2n) is 5.47. The number of ether oxygens (including phenoxy) is 3. The Morgan fingerprint density at radius 3 is 2.29 bits per heavy atom. The normalized spacial score (nSPS) is 11.9. The van der Waals surface area contributed by atoms with E-state index in [-0.39, 0.29) is 6.04 Å². The van der Waals surface area contributed by atoms with Crippen LogP contribution in [0.4, 0.5) is 0 Å². The van der Waals surface area contributed by atoms with E-state index in [1.807, 2.05) is 30.3 Å². The van der Waals surface area contributed by atoms with Gasteiger partial charge in [-0.2, -0.15) is 0 Å². The fourth-order valence-corrected chi connectivity index (χ4v) is 3.16. The third-order valence-electron chi connectivity index (χ3n) is 4.01. The molecule has 5 heteroatoms. The average molecular weight is 394 g/mol. The van der Waals surface area contributed by atoms with Crippen molar-refractivity contribution < 1.29 is 14.2 Å². The lowest BCUT2D eigenvalue weighted by atomic mass is 10.1. The highest BCUT2D eigenvalue weighted by Crippen LogP contribution is 2.33. The zero-order valence-electron chi connectivity index (χ0n) is 14.6. The fraction of sp³-hybridized carbons (Fsp3) is 0.368. The van der Waals surface area contributed by atoms with Gasteiger partial charge in [0.15, 0.2) is 0 Å². The maximum absolute atomic E-state index is 5.47. The Hall–Kier alpha value is -1.72. The molecule has 0 aliphatic heterocycles. The van der Waals surface area contributed by atoms with Crippen LogP contribution in [0, 0.1) is 0 Å². The lowest BCUT2D eigenvalue weighted by Crippen LogP contribution is -2.22. The van der Waals surface area contributed by atoms with E-state index < -0.39 is 0 Å². The van der Waals surface area contributed by atoms with E-state index >= 15 is 0 Å². The number of nitrogens with one attached hydrogen (secondary N) is 1. The maximum atomic E-state index is 5.47. The van der Waals surface area contributed by atoms with Crippen molar-refractivity contribution in [2.24, 2.45) is 0 Å². The zero-order valence-corrected chi connectivity index (χ0v) is 16.1. The Morgan fingerprint density at radius 1 is 0.958 bits per heavy atom. The molecule has 0 aromatic heterocycles. The molecule has 0 radical (unpaired) electrons. The number of hydrogen-bond donors (Lipinski definition) is 1. The molecule has 0 aliphatic carbocycles. The lowest BCUT2D eigenvalue weighted by Gasteiger charge is -2.18. The van der Waals surface area contributed by atoms with Gasteiger partial charge in [0.2, 0.25) is 0 Å². The van der Waals surface area contributed by atoms with Crippen LogP contribution >= 0.6 is 15.9 Å². The highest BCUT2D eigenvalue weighted by atomic mass is 79.9. The van der Waals surface area contributed by atoms with Crippen LogP contribution < -0.4 is 19.5 Å². The third-order valence-corrected chi connectivity index (χ3v) is 4.62. The van der Waals surface area contributed by atoms with E-state index in [9.17, 15) is 0 Å². The first kappa shape index (κ1) is 18.6. The van der Waals surface area contributed by atoms with Crippen molar-refractivity contribution in [2.75, 3.05) is 27.9 Å². The van der Waals surface area contributed by atoms with Gasteiger partial charge >= 0.3 is 0 Å². The Kier molecular flexibility index (Phi) is 6.94. The first-order valence-electron chi connectivity index (χ1n) is 7.87. The topological polar surface area (TPSA) is 39.7 Å². The SMILES string of the molecule is COc1cc(CCNC(C)c2ccccc2OC)c(OC)cc1Br. The van der Waals surface area contributed by atoms with Crippen molar-refractivity contribution in [3.63, 3.8) is 0 Å². The summed E-state index contributed by atoms with van der Waals surface area (Å²) in [6, 6.07) is 12.2. The summed E-state index contributed by atoms with van der Waals surface area (Å²) in [6.45, 7) is 2.96. The number of rotatable bonds is 8. The van der Waals surface area contributed by atoms with Gasteiger partial charge < -0.3 is 19.5 Å².